The molecule has 0 aliphatic heterocycles. The second-order valence-electron chi connectivity index (χ2n) is 3.68. The molecular formula is C12H14N3O5-. The van der Waals surface area contributed by atoms with Gasteiger partial charge in [0.25, 0.3) is 5.69 Å². The lowest BCUT2D eigenvalue weighted by Gasteiger charge is -2.17. The smallest absolute Gasteiger partial charge is 0.355 e. The van der Waals surface area contributed by atoms with E-state index in [1.807, 2.05) is 0 Å². The molecule has 108 valence electrons. The average molecular weight is 280 g/mol. The molecule has 20 heavy (non-hydrogen) atoms. The summed E-state index contributed by atoms with van der Waals surface area (Å²) in [5.74, 6) is -1.37. The van der Waals surface area contributed by atoms with Crippen molar-refractivity contribution in [3.63, 3.8) is 0 Å². The van der Waals surface area contributed by atoms with E-state index in [9.17, 15) is 20.0 Å². The molecule has 0 aliphatic rings. The Morgan fingerprint density at radius 1 is 1.40 bits per heavy atom. The maximum atomic E-state index is 11.5. The topological polar surface area (TPSA) is 117 Å². The molecule has 1 aromatic rings. The van der Waals surface area contributed by atoms with E-state index in [0.29, 0.717) is 0 Å². The number of carbonyl (C=O) groups is 1. The first-order chi connectivity index (χ1) is 9.47. The van der Waals surface area contributed by atoms with Crippen molar-refractivity contribution < 1.29 is 19.6 Å². The molecular weight excluding hydrogens is 266 g/mol. The van der Waals surface area contributed by atoms with Crippen LogP contribution in [0.4, 0.5) is 11.4 Å². The van der Waals surface area contributed by atoms with Crippen LogP contribution in [0.25, 0.3) is 0 Å². The van der Waals surface area contributed by atoms with Crippen molar-refractivity contribution >= 4 is 17.3 Å². The largest absolute Gasteiger partial charge is 0.874 e. The first kappa shape index (κ1) is 15.3. The molecule has 1 rings (SSSR count). The molecule has 8 nitrogen and oxygen atoms in total. The molecule has 0 amide bonds. The zero-order chi connectivity index (χ0) is 15.1. The van der Waals surface area contributed by atoms with E-state index < -0.39 is 16.7 Å². The van der Waals surface area contributed by atoms with E-state index >= 15 is 0 Å². The minimum atomic E-state index is -0.828. The van der Waals surface area contributed by atoms with Gasteiger partial charge < -0.3 is 9.84 Å². The predicted molar refractivity (Wildman–Crippen MR) is 69.2 cm³/mol. The van der Waals surface area contributed by atoms with Gasteiger partial charge in [-0.15, -0.1) is 5.76 Å². The lowest BCUT2D eigenvalue weighted by Crippen LogP contribution is -2.31. The van der Waals surface area contributed by atoms with Gasteiger partial charge in [0.1, 0.15) is 11.4 Å². The van der Waals surface area contributed by atoms with Gasteiger partial charge in [0.05, 0.1) is 11.5 Å². The van der Waals surface area contributed by atoms with Gasteiger partial charge in [-0.3, -0.25) is 21.0 Å². The van der Waals surface area contributed by atoms with E-state index in [2.05, 4.69) is 10.9 Å². The summed E-state index contributed by atoms with van der Waals surface area (Å²) in [6, 6.07) is 5.81. The van der Waals surface area contributed by atoms with Crippen molar-refractivity contribution in [1.82, 2.24) is 5.43 Å². The van der Waals surface area contributed by atoms with Gasteiger partial charge in [0.15, 0.2) is 0 Å². The molecule has 0 unspecified atom stereocenters. The lowest BCUT2D eigenvalue weighted by atomic mass is 10.3. The van der Waals surface area contributed by atoms with Crippen LogP contribution in [0, 0.1) is 10.1 Å². The van der Waals surface area contributed by atoms with Crippen LogP contribution in [0.3, 0.4) is 0 Å². The van der Waals surface area contributed by atoms with Crippen molar-refractivity contribution in [2.45, 2.75) is 13.8 Å². The lowest BCUT2D eigenvalue weighted by molar-refractivity contribution is -0.384. The molecule has 0 aromatic heterocycles. The number of hydrogen-bond acceptors (Lipinski definition) is 7. The van der Waals surface area contributed by atoms with Gasteiger partial charge in [-0.2, -0.15) is 0 Å². The van der Waals surface area contributed by atoms with Crippen LogP contribution in [0.2, 0.25) is 0 Å². The molecule has 8 heteroatoms. The zero-order valence-electron chi connectivity index (χ0n) is 11.0. The van der Waals surface area contributed by atoms with Crippen LogP contribution in [0.1, 0.15) is 13.8 Å². The Morgan fingerprint density at radius 2 is 2.05 bits per heavy atom. The Morgan fingerprint density at radius 3 is 2.60 bits per heavy atom. The van der Waals surface area contributed by atoms with Crippen LogP contribution in [-0.4, -0.2) is 17.5 Å². The number of ether oxygens (including phenoxy) is 1. The highest BCUT2D eigenvalue weighted by molar-refractivity contribution is 5.88. The number of nitrogens with one attached hydrogen (secondary N) is 2. The summed E-state index contributed by atoms with van der Waals surface area (Å²) >= 11 is 0. The van der Waals surface area contributed by atoms with Crippen molar-refractivity contribution in [1.29, 1.82) is 0 Å². The monoisotopic (exact) mass is 280 g/mol. The van der Waals surface area contributed by atoms with E-state index in [1.165, 1.54) is 25.1 Å². The number of hydrazine groups is 1. The summed E-state index contributed by atoms with van der Waals surface area (Å²) in [5, 5.41) is 22.1. The third kappa shape index (κ3) is 3.87. The molecule has 0 saturated carbocycles. The quantitative estimate of drug-likeness (QED) is 0.258. The van der Waals surface area contributed by atoms with E-state index in [0.717, 1.165) is 0 Å². The number of hydrogen-bond donors (Lipinski definition) is 2. The fourth-order valence-corrected chi connectivity index (χ4v) is 1.35. The molecule has 2 N–H and O–H groups in total. The summed E-state index contributed by atoms with van der Waals surface area (Å²) in [4.78, 5) is 21.7. The first-order valence-electron chi connectivity index (χ1n) is 5.77. The number of anilines is 1. The van der Waals surface area contributed by atoms with Crippen molar-refractivity contribution in [2.24, 2.45) is 0 Å². The fourth-order valence-electron chi connectivity index (χ4n) is 1.35. The van der Waals surface area contributed by atoms with Gasteiger partial charge in [0, 0.05) is 6.07 Å². The number of benzene rings is 1. The summed E-state index contributed by atoms with van der Waals surface area (Å²) in [6.45, 7) is 2.90. The number of nitrogens with zero attached hydrogens (tertiary/aromatic N) is 1. The highest BCUT2D eigenvalue weighted by atomic mass is 16.6. The predicted octanol–water partition coefficient (Wildman–Crippen LogP) is 0.666. The Hall–Kier alpha value is -2.77. The molecule has 0 bridgehead atoms. The third-order valence-corrected chi connectivity index (χ3v) is 2.25. The normalized spacial score (nSPS) is 11.3. The summed E-state index contributed by atoms with van der Waals surface area (Å²) < 4.78 is 4.70. The van der Waals surface area contributed by atoms with Crippen LogP contribution in [-0.2, 0) is 9.53 Å². The first-order valence-corrected chi connectivity index (χ1v) is 5.77. The Balaban J connectivity index is 2.87. The Bertz CT molecular complexity index is 538. The van der Waals surface area contributed by atoms with Gasteiger partial charge in [0.2, 0.25) is 0 Å². The molecule has 0 saturated heterocycles. The highest BCUT2D eigenvalue weighted by Crippen LogP contribution is 2.22. The molecule has 0 atom stereocenters. The van der Waals surface area contributed by atoms with Crippen molar-refractivity contribution in [3.8, 4) is 0 Å². The Labute approximate surface area is 115 Å². The molecule has 1 aromatic carbocycles. The third-order valence-electron chi connectivity index (χ3n) is 2.25. The van der Waals surface area contributed by atoms with E-state index in [-0.39, 0.29) is 23.7 Å². The number of nitro benzene ring substituents is 1. The SMILES string of the molecule is CCOC(=O)C(NNc1ccccc1[N+](=O)[O-])=C(C)[O-]. The fraction of sp³-hybridized carbons (Fsp3) is 0.250. The summed E-state index contributed by atoms with van der Waals surface area (Å²) in [7, 11) is 0. The molecule has 0 heterocycles. The second kappa shape index (κ2) is 6.98. The molecule has 0 spiro atoms. The maximum Gasteiger partial charge on any atom is 0.355 e. The summed E-state index contributed by atoms with van der Waals surface area (Å²) in [5.41, 5.74) is 4.43. The molecule has 0 aliphatic carbocycles. The Kier molecular flexibility index (Phi) is 5.33. The minimum absolute atomic E-state index is 0.114. The van der Waals surface area contributed by atoms with Crippen LogP contribution in [0.5, 0.6) is 0 Å². The number of rotatable bonds is 6. The van der Waals surface area contributed by atoms with Gasteiger partial charge in [-0.05, 0) is 13.0 Å². The van der Waals surface area contributed by atoms with Gasteiger partial charge in [-0.25, -0.2) is 4.79 Å². The number of esters is 1. The number of allylic oxidation sites excluding steroid dienone is 1. The second-order valence-corrected chi connectivity index (χ2v) is 3.68. The van der Waals surface area contributed by atoms with Crippen molar-refractivity contribution in [2.75, 3.05) is 12.0 Å². The number of carbonyl (C=O) groups excluding carboxylic acids is 1. The maximum absolute atomic E-state index is 11.5. The average Bonchev–Trinajstić information content (AvgIpc) is 2.39. The van der Waals surface area contributed by atoms with Gasteiger partial charge >= 0.3 is 5.97 Å². The molecule has 0 radical (unpaired) electrons. The van der Waals surface area contributed by atoms with E-state index in [1.54, 1.807) is 13.0 Å². The van der Waals surface area contributed by atoms with Crippen LogP contribution >= 0.6 is 0 Å². The zero-order valence-corrected chi connectivity index (χ0v) is 11.0. The van der Waals surface area contributed by atoms with Crippen LogP contribution < -0.4 is 16.0 Å². The highest BCUT2D eigenvalue weighted by Gasteiger charge is 2.14. The standard InChI is InChI=1S/C12H15N3O5/c1-3-20-12(17)11(8(2)16)14-13-9-6-4-5-7-10(9)15(18)19/h4-7,13-14,16H,3H2,1-2H3/p-1. The number of para-hydroxylation sites is 2. The summed E-state index contributed by atoms with van der Waals surface area (Å²) in [6.07, 6.45) is 0. The minimum Gasteiger partial charge on any atom is -0.874 e. The van der Waals surface area contributed by atoms with Gasteiger partial charge in [-0.1, -0.05) is 19.1 Å². The van der Waals surface area contributed by atoms with E-state index in [4.69, 9.17) is 4.74 Å². The van der Waals surface area contributed by atoms with Crippen LogP contribution in [0.15, 0.2) is 35.7 Å². The molecule has 0 fully saturated rings. The number of nitro groups is 1. The van der Waals surface area contributed by atoms with Crippen molar-refractivity contribution in [3.05, 3.63) is 45.8 Å².